The van der Waals surface area contributed by atoms with E-state index in [9.17, 15) is 13.2 Å². The summed E-state index contributed by atoms with van der Waals surface area (Å²) in [6.07, 6.45) is 1.85. The predicted molar refractivity (Wildman–Crippen MR) is 102 cm³/mol. The van der Waals surface area contributed by atoms with Gasteiger partial charge in [-0.2, -0.15) is 13.2 Å². The summed E-state index contributed by atoms with van der Waals surface area (Å²) in [7, 11) is 5.92. The highest BCUT2D eigenvalue weighted by Crippen LogP contribution is 2.25. The van der Waals surface area contributed by atoms with E-state index >= 15 is 0 Å². The lowest BCUT2D eigenvalue weighted by molar-refractivity contribution is -0.181. The second kappa shape index (κ2) is 11.6. The molecule has 1 saturated heterocycles. The van der Waals surface area contributed by atoms with Crippen LogP contribution in [0.3, 0.4) is 0 Å². The summed E-state index contributed by atoms with van der Waals surface area (Å²) < 4.78 is 38.5. The number of piperazine rings is 1. The second-order valence-electron chi connectivity index (χ2n) is 7.29. The van der Waals surface area contributed by atoms with Crippen LogP contribution < -0.4 is 5.32 Å². The molecule has 26 heavy (non-hydrogen) atoms. The van der Waals surface area contributed by atoms with Gasteiger partial charge in [0.15, 0.2) is 5.96 Å². The van der Waals surface area contributed by atoms with Crippen LogP contribution in [0.4, 0.5) is 13.2 Å². The minimum absolute atomic E-state index is 0.410. The number of nitrogens with one attached hydrogen (secondary N) is 1. The molecule has 0 aromatic rings. The van der Waals surface area contributed by atoms with Crippen molar-refractivity contribution in [1.82, 2.24) is 20.0 Å². The highest BCUT2D eigenvalue weighted by Gasteiger charge is 2.41. The normalized spacial score (nSPS) is 18.5. The third kappa shape index (κ3) is 8.58. The van der Waals surface area contributed by atoms with Crippen molar-refractivity contribution >= 4 is 5.96 Å². The van der Waals surface area contributed by atoms with Gasteiger partial charge in [0.1, 0.15) is 6.04 Å². The lowest BCUT2D eigenvalue weighted by Gasteiger charge is -2.39. The van der Waals surface area contributed by atoms with E-state index in [1.165, 1.54) is 37.5 Å². The summed E-state index contributed by atoms with van der Waals surface area (Å²) in [4.78, 5) is 10.0. The molecule has 1 fully saturated rings. The van der Waals surface area contributed by atoms with E-state index in [1.54, 1.807) is 7.05 Å². The maximum atomic E-state index is 12.8. The Morgan fingerprint density at radius 1 is 1.04 bits per heavy atom. The molecular formula is C18H36F3N5. The SMILES string of the molecule is CN=C(NCCCCCCCN(C)C)N1CCN(C(C)C(F)(F)F)CC1. The Balaban J connectivity index is 2.19. The Kier molecular flexibility index (Phi) is 10.3. The van der Waals surface area contributed by atoms with Crippen LogP contribution in [-0.2, 0) is 0 Å². The van der Waals surface area contributed by atoms with Crippen LogP contribution in [0.15, 0.2) is 4.99 Å². The van der Waals surface area contributed by atoms with Gasteiger partial charge in [-0.3, -0.25) is 9.89 Å². The molecule has 0 bridgehead atoms. The Hall–Kier alpha value is -1.02. The van der Waals surface area contributed by atoms with Gasteiger partial charge in [-0.15, -0.1) is 0 Å². The largest absolute Gasteiger partial charge is 0.403 e. The third-order valence-corrected chi connectivity index (χ3v) is 4.91. The Bertz CT molecular complexity index is 404. The molecule has 0 aliphatic carbocycles. The van der Waals surface area contributed by atoms with Crippen molar-refractivity contribution in [3.63, 3.8) is 0 Å². The summed E-state index contributed by atoms with van der Waals surface area (Å²) in [6.45, 7) is 5.21. The molecule has 1 aliphatic rings. The molecule has 1 aliphatic heterocycles. The van der Waals surface area contributed by atoms with Crippen LogP contribution in [0.25, 0.3) is 0 Å². The van der Waals surface area contributed by atoms with Crippen molar-refractivity contribution in [2.24, 2.45) is 4.99 Å². The predicted octanol–water partition coefficient (Wildman–Crippen LogP) is 2.64. The minimum atomic E-state index is -4.16. The first kappa shape index (κ1) is 23.0. The molecule has 1 rings (SSSR count). The number of guanidine groups is 1. The number of nitrogens with zero attached hydrogens (tertiary/aromatic N) is 4. The molecule has 154 valence electrons. The first-order chi connectivity index (χ1) is 12.3. The highest BCUT2D eigenvalue weighted by molar-refractivity contribution is 5.79. The molecule has 0 radical (unpaired) electrons. The van der Waals surface area contributed by atoms with Crippen LogP contribution in [0.2, 0.25) is 0 Å². The zero-order valence-electron chi connectivity index (χ0n) is 16.8. The maximum Gasteiger partial charge on any atom is 0.403 e. The zero-order chi connectivity index (χ0) is 19.6. The van der Waals surface area contributed by atoms with Crippen molar-refractivity contribution in [3.8, 4) is 0 Å². The molecule has 0 aromatic heterocycles. The van der Waals surface area contributed by atoms with Gasteiger partial charge in [0.05, 0.1) is 0 Å². The minimum Gasteiger partial charge on any atom is -0.356 e. The number of alkyl halides is 3. The molecule has 1 heterocycles. The van der Waals surface area contributed by atoms with E-state index in [1.807, 2.05) is 0 Å². The maximum absolute atomic E-state index is 12.8. The van der Waals surface area contributed by atoms with Gasteiger partial charge in [-0.05, 0) is 40.4 Å². The van der Waals surface area contributed by atoms with E-state index in [4.69, 9.17) is 0 Å². The highest BCUT2D eigenvalue weighted by atomic mass is 19.4. The van der Waals surface area contributed by atoms with E-state index in [0.717, 1.165) is 25.5 Å². The lowest BCUT2D eigenvalue weighted by atomic mass is 10.1. The second-order valence-corrected chi connectivity index (χ2v) is 7.29. The molecule has 5 nitrogen and oxygen atoms in total. The molecule has 0 amide bonds. The Labute approximate surface area is 156 Å². The van der Waals surface area contributed by atoms with Gasteiger partial charge < -0.3 is 15.1 Å². The summed E-state index contributed by atoms with van der Waals surface area (Å²) in [5.74, 6) is 0.803. The van der Waals surface area contributed by atoms with E-state index in [0.29, 0.717) is 26.2 Å². The standard InChI is InChI=1S/C18H36F3N5/c1-16(18(19,20)21)25-12-14-26(15-13-25)17(22-2)23-10-8-6-5-7-9-11-24(3)4/h16H,5-15H2,1-4H3,(H,22,23). The van der Waals surface area contributed by atoms with Crippen molar-refractivity contribution in [2.45, 2.75) is 51.2 Å². The summed E-state index contributed by atoms with van der Waals surface area (Å²) >= 11 is 0. The topological polar surface area (TPSA) is 34.1 Å². The fraction of sp³-hybridized carbons (Fsp3) is 0.944. The van der Waals surface area contributed by atoms with Crippen LogP contribution in [-0.4, -0.2) is 93.3 Å². The number of rotatable bonds is 9. The fourth-order valence-electron chi connectivity index (χ4n) is 3.14. The molecule has 1 unspecified atom stereocenters. The number of hydrogen-bond acceptors (Lipinski definition) is 3. The molecule has 0 spiro atoms. The van der Waals surface area contributed by atoms with Crippen LogP contribution in [0.5, 0.6) is 0 Å². The van der Waals surface area contributed by atoms with E-state index in [-0.39, 0.29) is 0 Å². The molecule has 1 atom stereocenters. The third-order valence-electron chi connectivity index (χ3n) is 4.91. The van der Waals surface area contributed by atoms with Gasteiger partial charge in [0, 0.05) is 39.8 Å². The number of halogens is 3. The Morgan fingerprint density at radius 3 is 2.15 bits per heavy atom. The summed E-state index contributed by atoms with van der Waals surface area (Å²) in [5, 5.41) is 3.35. The summed E-state index contributed by atoms with van der Waals surface area (Å²) in [6, 6.07) is -1.38. The van der Waals surface area contributed by atoms with Crippen LogP contribution >= 0.6 is 0 Å². The van der Waals surface area contributed by atoms with Crippen molar-refractivity contribution in [3.05, 3.63) is 0 Å². The number of aliphatic imine (C=N–C) groups is 1. The number of unbranched alkanes of at least 4 members (excludes halogenated alkanes) is 4. The van der Waals surface area contributed by atoms with Gasteiger partial charge in [-0.1, -0.05) is 19.3 Å². The molecule has 1 N–H and O–H groups in total. The van der Waals surface area contributed by atoms with Crippen molar-refractivity contribution < 1.29 is 13.2 Å². The van der Waals surface area contributed by atoms with Gasteiger partial charge in [0.2, 0.25) is 0 Å². The fourth-order valence-corrected chi connectivity index (χ4v) is 3.14. The average molecular weight is 380 g/mol. The van der Waals surface area contributed by atoms with Crippen molar-refractivity contribution in [1.29, 1.82) is 0 Å². The molecule has 8 heteroatoms. The van der Waals surface area contributed by atoms with Crippen LogP contribution in [0, 0.1) is 0 Å². The molecular weight excluding hydrogens is 343 g/mol. The quantitative estimate of drug-likeness (QED) is 0.379. The van der Waals surface area contributed by atoms with E-state index < -0.39 is 12.2 Å². The van der Waals surface area contributed by atoms with Gasteiger partial charge >= 0.3 is 6.18 Å². The van der Waals surface area contributed by atoms with Gasteiger partial charge in [-0.25, -0.2) is 0 Å². The van der Waals surface area contributed by atoms with E-state index in [2.05, 4.69) is 34.2 Å². The summed E-state index contributed by atoms with van der Waals surface area (Å²) in [5.41, 5.74) is 0. The Morgan fingerprint density at radius 2 is 1.62 bits per heavy atom. The zero-order valence-corrected chi connectivity index (χ0v) is 16.8. The van der Waals surface area contributed by atoms with Crippen molar-refractivity contribution in [2.75, 3.05) is 60.4 Å². The monoisotopic (exact) mass is 379 g/mol. The number of hydrogen-bond donors (Lipinski definition) is 1. The average Bonchev–Trinajstić information content (AvgIpc) is 2.59. The molecule has 0 aromatic carbocycles. The van der Waals surface area contributed by atoms with Gasteiger partial charge in [0.25, 0.3) is 0 Å². The first-order valence-corrected chi connectivity index (χ1v) is 9.66. The lowest BCUT2D eigenvalue weighted by Crippen LogP contribution is -2.56. The molecule has 0 saturated carbocycles. The first-order valence-electron chi connectivity index (χ1n) is 9.66. The smallest absolute Gasteiger partial charge is 0.356 e. The van der Waals surface area contributed by atoms with Crippen LogP contribution in [0.1, 0.15) is 39.0 Å².